The number of thiol groups is 1. The Labute approximate surface area is 77.6 Å². The molecule has 1 heterocycles. The van der Waals surface area contributed by atoms with Crippen LogP contribution in [0.15, 0.2) is 5.16 Å². The van der Waals surface area contributed by atoms with Crippen LogP contribution in [0.2, 0.25) is 0 Å². The van der Waals surface area contributed by atoms with Crippen LogP contribution in [0.25, 0.3) is 0 Å². The molecule has 0 aliphatic heterocycles. The highest BCUT2D eigenvalue weighted by atomic mass is 32.1. The highest BCUT2D eigenvalue weighted by molar-refractivity contribution is 7.80. The highest BCUT2D eigenvalue weighted by Gasteiger charge is 2.15. The molecule has 1 aromatic heterocycles. The van der Waals surface area contributed by atoms with E-state index < -0.39 is 0 Å². The number of rotatable bonds is 3. The van der Waals surface area contributed by atoms with Gasteiger partial charge in [0.05, 0.1) is 6.61 Å². The quantitative estimate of drug-likeness (QED) is 0.532. The molecule has 0 N–H and O–H groups in total. The van der Waals surface area contributed by atoms with Crippen LogP contribution in [-0.4, -0.2) is 23.4 Å². The summed E-state index contributed by atoms with van der Waals surface area (Å²) in [5.41, 5.74) is 0. The lowest BCUT2D eigenvalue weighted by Crippen LogP contribution is -2.33. The molecule has 0 amide bonds. The molecule has 5 heteroatoms. The Morgan fingerprint density at radius 2 is 2.33 bits per heavy atom. The average Bonchev–Trinajstić information content (AvgIpc) is 2.25. The first-order chi connectivity index (χ1) is 5.66. The summed E-state index contributed by atoms with van der Waals surface area (Å²) in [5, 5.41) is 4.88. The number of aromatic nitrogens is 3. The Morgan fingerprint density at radius 3 is 2.75 bits per heavy atom. The fourth-order valence-electron chi connectivity index (χ4n) is 1.02. The zero-order valence-corrected chi connectivity index (χ0v) is 8.51. The number of nitrogens with zero attached hydrogens (tertiary/aromatic N) is 3. The highest BCUT2D eigenvalue weighted by Crippen LogP contribution is 2.02. The minimum absolute atomic E-state index is 0.685. The Kier molecular flexibility index (Phi) is 3.11. The predicted molar refractivity (Wildman–Crippen MR) is 47.3 cm³/mol. The van der Waals surface area contributed by atoms with Gasteiger partial charge in [-0.05, 0) is 5.10 Å². The third-order valence-corrected chi connectivity index (χ3v) is 2.19. The van der Waals surface area contributed by atoms with Crippen molar-refractivity contribution in [2.45, 2.75) is 18.6 Å². The van der Waals surface area contributed by atoms with Gasteiger partial charge in [-0.25, -0.2) is 4.57 Å². The Bertz CT molecular complexity index is 272. The van der Waals surface area contributed by atoms with E-state index in [2.05, 4.69) is 17.7 Å². The number of hydrogen-bond acceptors (Lipinski definition) is 3. The Balaban J connectivity index is 2.82. The fourth-order valence-corrected chi connectivity index (χ4v) is 1.40. The van der Waals surface area contributed by atoms with E-state index in [-0.39, 0.29) is 0 Å². The second-order valence-corrected chi connectivity index (χ2v) is 3.02. The molecule has 0 aliphatic carbocycles. The molecule has 0 aliphatic rings. The molecule has 0 atom stereocenters. The van der Waals surface area contributed by atoms with Crippen molar-refractivity contribution in [3.8, 4) is 0 Å². The minimum Gasteiger partial charge on any atom is -0.381 e. The molecule has 0 saturated carbocycles. The molecule has 12 heavy (non-hydrogen) atoms. The summed E-state index contributed by atoms with van der Waals surface area (Å²) in [6.07, 6.45) is 0. The van der Waals surface area contributed by atoms with Crippen molar-refractivity contribution < 1.29 is 9.42 Å². The van der Waals surface area contributed by atoms with E-state index in [1.165, 1.54) is 0 Å². The van der Waals surface area contributed by atoms with Gasteiger partial charge in [0, 0.05) is 14.0 Å². The SMILES string of the molecule is COCCn1c(S)n[n+](C)c1C. The standard InChI is InChI=1S/C7H13N3OS/c1-6-9(2)8-7(12)10(6)4-5-11-3/h4-5H2,1-3H3/p+1. The van der Waals surface area contributed by atoms with E-state index in [1.54, 1.807) is 11.8 Å². The second-order valence-electron chi connectivity index (χ2n) is 2.62. The van der Waals surface area contributed by atoms with Crippen LogP contribution < -0.4 is 4.68 Å². The lowest BCUT2D eigenvalue weighted by atomic mass is 10.6. The van der Waals surface area contributed by atoms with Gasteiger partial charge in [0.2, 0.25) is 0 Å². The van der Waals surface area contributed by atoms with Crippen LogP contribution in [-0.2, 0) is 18.3 Å². The Morgan fingerprint density at radius 1 is 1.67 bits per heavy atom. The minimum atomic E-state index is 0.685. The molecule has 0 fully saturated rings. The molecule has 0 radical (unpaired) electrons. The summed E-state index contributed by atoms with van der Waals surface area (Å²) in [5.74, 6) is 1.08. The first-order valence-electron chi connectivity index (χ1n) is 3.78. The summed E-state index contributed by atoms with van der Waals surface area (Å²) in [7, 11) is 3.59. The van der Waals surface area contributed by atoms with E-state index >= 15 is 0 Å². The third kappa shape index (κ3) is 1.78. The van der Waals surface area contributed by atoms with Crippen molar-refractivity contribution >= 4 is 12.6 Å². The number of hydrogen-bond donors (Lipinski definition) is 1. The maximum absolute atomic E-state index is 4.97. The van der Waals surface area contributed by atoms with Gasteiger partial charge in [-0.3, -0.25) is 0 Å². The zero-order valence-electron chi connectivity index (χ0n) is 7.61. The van der Waals surface area contributed by atoms with E-state index in [9.17, 15) is 0 Å². The molecule has 4 nitrogen and oxygen atoms in total. The largest absolute Gasteiger partial charge is 0.381 e. The van der Waals surface area contributed by atoms with Crippen molar-refractivity contribution in [2.75, 3.05) is 13.7 Å². The molecule has 0 saturated heterocycles. The molecule has 0 bridgehead atoms. The van der Waals surface area contributed by atoms with Gasteiger partial charge in [-0.1, -0.05) is 12.6 Å². The summed E-state index contributed by atoms with van der Waals surface area (Å²) >= 11 is 4.24. The second kappa shape index (κ2) is 3.91. The molecule has 0 spiro atoms. The molecule has 0 aromatic carbocycles. The maximum Gasteiger partial charge on any atom is 0.292 e. The number of methoxy groups -OCH3 is 1. The van der Waals surface area contributed by atoms with Crippen LogP contribution >= 0.6 is 12.6 Å². The van der Waals surface area contributed by atoms with Crippen molar-refractivity contribution in [1.82, 2.24) is 9.67 Å². The van der Waals surface area contributed by atoms with Gasteiger partial charge in [0.25, 0.3) is 11.0 Å². The van der Waals surface area contributed by atoms with E-state index in [0.29, 0.717) is 6.61 Å². The van der Waals surface area contributed by atoms with Crippen molar-refractivity contribution in [2.24, 2.45) is 7.05 Å². The first kappa shape index (κ1) is 9.54. The molecule has 0 unspecified atom stereocenters. The zero-order chi connectivity index (χ0) is 9.14. The normalized spacial score (nSPS) is 10.7. The van der Waals surface area contributed by atoms with Crippen LogP contribution in [0.1, 0.15) is 5.82 Å². The van der Waals surface area contributed by atoms with E-state index in [1.807, 2.05) is 18.5 Å². The van der Waals surface area contributed by atoms with E-state index in [0.717, 1.165) is 17.5 Å². The molecular formula is C7H14N3OS+. The molecule has 1 aromatic rings. The maximum atomic E-state index is 4.97. The average molecular weight is 188 g/mol. The van der Waals surface area contributed by atoms with Crippen molar-refractivity contribution in [3.05, 3.63) is 5.82 Å². The number of ether oxygens (including phenoxy) is 1. The summed E-state index contributed by atoms with van der Waals surface area (Å²) < 4.78 is 8.78. The summed E-state index contributed by atoms with van der Waals surface area (Å²) in [6, 6.07) is 0. The van der Waals surface area contributed by atoms with Crippen LogP contribution in [0.5, 0.6) is 0 Å². The fraction of sp³-hybridized carbons (Fsp3) is 0.714. The van der Waals surface area contributed by atoms with Crippen LogP contribution in [0.4, 0.5) is 0 Å². The molecular weight excluding hydrogens is 174 g/mol. The van der Waals surface area contributed by atoms with E-state index in [4.69, 9.17) is 4.74 Å². The Hall–Kier alpha value is -0.550. The van der Waals surface area contributed by atoms with Gasteiger partial charge in [-0.2, -0.15) is 0 Å². The van der Waals surface area contributed by atoms with Crippen molar-refractivity contribution in [3.63, 3.8) is 0 Å². The summed E-state index contributed by atoms with van der Waals surface area (Å²) in [4.78, 5) is 0. The lowest BCUT2D eigenvalue weighted by Gasteiger charge is -1.96. The third-order valence-electron chi connectivity index (χ3n) is 1.86. The van der Waals surface area contributed by atoms with Gasteiger partial charge < -0.3 is 4.74 Å². The van der Waals surface area contributed by atoms with Crippen molar-refractivity contribution in [1.29, 1.82) is 0 Å². The lowest BCUT2D eigenvalue weighted by molar-refractivity contribution is -0.736. The molecule has 1 rings (SSSR count). The smallest absolute Gasteiger partial charge is 0.292 e. The topological polar surface area (TPSA) is 30.9 Å². The van der Waals surface area contributed by atoms with Crippen LogP contribution in [0, 0.1) is 6.92 Å². The monoisotopic (exact) mass is 188 g/mol. The first-order valence-corrected chi connectivity index (χ1v) is 4.23. The van der Waals surface area contributed by atoms with Gasteiger partial charge in [0.15, 0.2) is 0 Å². The van der Waals surface area contributed by atoms with Gasteiger partial charge >= 0.3 is 0 Å². The summed E-state index contributed by atoms with van der Waals surface area (Å²) in [6.45, 7) is 3.49. The molecule has 68 valence electrons. The van der Waals surface area contributed by atoms with Gasteiger partial charge in [0.1, 0.15) is 13.6 Å². The van der Waals surface area contributed by atoms with Gasteiger partial charge in [-0.15, -0.1) is 4.68 Å². The van der Waals surface area contributed by atoms with Crippen LogP contribution in [0.3, 0.4) is 0 Å². The predicted octanol–water partition coefficient (Wildman–Crippen LogP) is -0.0489. The number of aryl methyl sites for hydroxylation is 1.